The number of nitrogens with one attached hydrogen (secondary N) is 1. The highest BCUT2D eigenvalue weighted by Crippen LogP contribution is 2.30. The van der Waals surface area contributed by atoms with Gasteiger partial charge in [0, 0.05) is 17.1 Å². The molecule has 2 unspecified atom stereocenters. The Morgan fingerprint density at radius 2 is 2.25 bits per heavy atom. The minimum Gasteiger partial charge on any atom is -0.374 e. The van der Waals surface area contributed by atoms with Crippen molar-refractivity contribution in [3.05, 3.63) is 34.3 Å². The van der Waals surface area contributed by atoms with E-state index in [1.54, 1.807) is 0 Å². The molecule has 0 amide bonds. The Kier molecular flexibility index (Phi) is 6.06. The minimum atomic E-state index is -0.0320. The molecular weight excluding hydrogens is 314 g/mol. The number of hydrogen-bond acceptors (Lipinski definition) is 2. The highest BCUT2D eigenvalue weighted by molar-refractivity contribution is 9.10. The van der Waals surface area contributed by atoms with Crippen molar-refractivity contribution in [2.24, 2.45) is 0 Å². The van der Waals surface area contributed by atoms with Gasteiger partial charge in [0.2, 0.25) is 0 Å². The molecule has 2 rings (SSSR count). The zero-order valence-electron chi connectivity index (χ0n) is 12.6. The zero-order valence-corrected chi connectivity index (χ0v) is 14.2. The van der Waals surface area contributed by atoms with Crippen molar-refractivity contribution in [1.82, 2.24) is 5.32 Å². The Labute approximate surface area is 131 Å². The second kappa shape index (κ2) is 7.58. The molecule has 0 saturated carbocycles. The number of rotatable bonds is 6. The lowest BCUT2D eigenvalue weighted by Crippen LogP contribution is -2.53. The van der Waals surface area contributed by atoms with Crippen molar-refractivity contribution >= 4 is 15.9 Å². The fraction of sp³-hybridized carbons (Fsp3) is 0.647. The molecule has 1 aromatic rings. The summed E-state index contributed by atoms with van der Waals surface area (Å²) in [5.41, 5.74) is 1.33. The molecule has 1 aliphatic rings. The third kappa shape index (κ3) is 4.31. The Morgan fingerprint density at radius 1 is 1.40 bits per heavy atom. The Bertz CT molecular complexity index is 415. The van der Waals surface area contributed by atoms with E-state index in [0.29, 0.717) is 6.04 Å². The topological polar surface area (TPSA) is 21.3 Å². The summed E-state index contributed by atoms with van der Waals surface area (Å²) in [4.78, 5) is 0. The molecule has 0 aromatic heterocycles. The third-order valence-corrected chi connectivity index (χ3v) is 4.70. The maximum Gasteiger partial charge on any atom is 0.0810 e. The molecule has 0 bridgehead atoms. The normalized spacial score (nSPS) is 24.6. The number of halogens is 1. The molecule has 2 nitrogen and oxygen atoms in total. The molecule has 1 N–H and O–H groups in total. The molecule has 3 heteroatoms. The van der Waals surface area contributed by atoms with Crippen LogP contribution in [0.25, 0.3) is 0 Å². The van der Waals surface area contributed by atoms with Gasteiger partial charge in [-0.2, -0.15) is 0 Å². The highest BCUT2D eigenvalue weighted by Gasteiger charge is 2.36. The molecule has 1 fully saturated rings. The van der Waals surface area contributed by atoms with Gasteiger partial charge < -0.3 is 10.1 Å². The molecule has 1 saturated heterocycles. The molecule has 2 atom stereocenters. The van der Waals surface area contributed by atoms with Crippen molar-refractivity contribution in [3.8, 4) is 0 Å². The van der Waals surface area contributed by atoms with Gasteiger partial charge in [0.05, 0.1) is 5.60 Å². The summed E-state index contributed by atoms with van der Waals surface area (Å²) in [6.07, 6.45) is 5.82. The van der Waals surface area contributed by atoms with E-state index in [1.807, 2.05) is 0 Å². The zero-order chi connectivity index (χ0) is 14.4. The fourth-order valence-electron chi connectivity index (χ4n) is 2.95. The van der Waals surface area contributed by atoms with Gasteiger partial charge in [-0.15, -0.1) is 0 Å². The molecule has 20 heavy (non-hydrogen) atoms. The molecule has 1 aromatic carbocycles. The molecule has 0 aliphatic carbocycles. The van der Waals surface area contributed by atoms with Gasteiger partial charge in [-0.25, -0.2) is 0 Å². The van der Waals surface area contributed by atoms with Crippen molar-refractivity contribution in [2.75, 3.05) is 13.2 Å². The van der Waals surface area contributed by atoms with E-state index in [-0.39, 0.29) is 5.60 Å². The van der Waals surface area contributed by atoms with Crippen molar-refractivity contribution in [3.63, 3.8) is 0 Å². The molecule has 0 radical (unpaired) electrons. The minimum absolute atomic E-state index is 0.0320. The van der Waals surface area contributed by atoms with Crippen LogP contribution in [0.2, 0.25) is 0 Å². The fourth-order valence-corrected chi connectivity index (χ4v) is 3.40. The molecule has 1 aliphatic heterocycles. The van der Waals surface area contributed by atoms with Gasteiger partial charge in [-0.05, 0) is 63.3 Å². The van der Waals surface area contributed by atoms with E-state index in [0.717, 1.165) is 36.9 Å². The monoisotopic (exact) mass is 339 g/mol. The summed E-state index contributed by atoms with van der Waals surface area (Å²) < 4.78 is 7.30. The lowest BCUT2D eigenvalue weighted by molar-refractivity contribution is -0.0883. The first kappa shape index (κ1) is 16.0. The van der Waals surface area contributed by atoms with Gasteiger partial charge in [-0.1, -0.05) is 35.0 Å². The quantitative estimate of drug-likeness (QED) is 0.833. The first-order chi connectivity index (χ1) is 9.64. The average molecular weight is 340 g/mol. The summed E-state index contributed by atoms with van der Waals surface area (Å²) in [6.45, 7) is 6.45. The van der Waals surface area contributed by atoms with Crippen LogP contribution < -0.4 is 5.32 Å². The van der Waals surface area contributed by atoms with Crippen LogP contribution in [0.3, 0.4) is 0 Å². The first-order valence-corrected chi connectivity index (χ1v) is 8.55. The summed E-state index contributed by atoms with van der Waals surface area (Å²) >= 11 is 3.56. The van der Waals surface area contributed by atoms with Crippen LogP contribution in [0, 0.1) is 0 Å². The van der Waals surface area contributed by atoms with E-state index in [4.69, 9.17) is 4.74 Å². The van der Waals surface area contributed by atoms with Crippen LogP contribution in [0.15, 0.2) is 28.7 Å². The lowest BCUT2D eigenvalue weighted by atomic mass is 9.84. The molecule has 112 valence electrons. The van der Waals surface area contributed by atoms with Gasteiger partial charge in [0.15, 0.2) is 0 Å². The van der Waals surface area contributed by atoms with Crippen LogP contribution in [0.5, 0.6) is 0 Å². The second-order valence-corrected chi connectivity index (χ2v) is 6.87. The lowest BCUT2D eigenvalue weighted by Gasteiger charge is -2.41. The summed E-state index contributed by atoms with van der Waals surface area (Å²) in [5.74, 6) is 0. The van der Waals surface area contributed by atoms with Crippen LogP contribution in [0.4, 0.5) is 0 Å². The Balaban J connectivity index is 2.10. The predicted octanol–water partition coefficient (Wildman–Crippen LogP) is 4.32. The SMILES string of the molecule is CCCNC(Cc1cccc(Br)c1)C1(C)CCCCO1. The van der Waals surface area contributed by atoms with Gasteiger partial charge in [0.1, 0.15) is 0 Å². The van der Waals surface area contributed by atoms with Crippen LogP contribution in [-0.2, 0) is 11.2 Å². The van der Waals surface area contributed by atoms with Crippen molar-refractivity contribution in [2.45, 2.75) is 57.6 Å². The van der Waals surface area contributed by atoms with Gasteiger partial charge >= 0.3 is 0 Å². The third-order valence-electron chi connectivity index (χ3n) is 4.21. The standard InChI is InChI=1S/C17H26BrNO/c1-3-10-19-16(17(2)9-4-5-11-20-17)13-14-7-6-8-15(18)12-14/h6-8,12,16,19H,3-5,9-11,13H2,1-2H3. The van der Waals surface area contributed by atoms with E-state index < -0.39 is 0 Å². The van der Waals surface area contributed by atoms with Crippen LogP contribution in [0.1, 0.15) is 45.1 Å². The van der Waals surface area contributed by atoms with E-state index >= 15 is 0 Å². The Hall–Kier alpha value is -0.380. The van der Waals surface area contributed by atoms with Crippen LogP contribution in [-0.4, -0.2) is 24.8 Å². The highest BCUT2D eigenvalue weighted by atomic mass is 79.9. The van der Waals surface area contributed by atoms with E-state index in [9.17, 15) is 0 Å². The van der Waals surface area contributed by atoms with E-state index in [2.05, 4.69) is 59.4 Å². The first-order valence-electron chi connectivity index (χ1n) is 7.76. The van der Waals surface area contributed by atoms with Gasteiger partial charge in [0.25, 0.3) is 0 Å². The largest absolute Gasteiger partial charge is 0.374 e. The van der Waals surface area contributed by atoms with Gasteiger partial charge in [-0.3, -0.25) is 0 Å². The van der Waals surface area contributed by atoms with Crippen LogP contribution >= 0.6 is 15.9 Å². The summed E-state index contributed by atoms with van der Waals surface area (Å²) in [5, 5.41) is 3.71. The molecular formula is C17H26BrNO. The number of hydrogen-bond donors (Lipinski definition) is 1. The Morgan fingerprint density at radius 3 is 2.90 bits per heavy atom. The second-order valence-electron chi connectivity index (χ2n) is 5.96. The van der Waals surface area contributed by atoms with Crippen molar-refractivity contribution < 1.29 is 4.74 Å². The maximum atomic E-state index is 6.15. The smallest absolute Gasteiger partial charge is 0.0810 e. The summed E-state index contributed by atoms with van der Waals surface area (Å²) in [6, 6.07) is 9.00. The van der Waals surface area contributed by atoms with E-state index in [1.165, 1.54) is 18.4 Å². The summed E-state index contributed by atoms with van der Waals surface area (Å²) in [7, 11) is 0. The molecule has 1 heterocycles. The number of benzene rings is 1. The maximum absolute atomic E-state index is 6.15. The predicted molar refractivity (Wildman–Crippen MR) is 88.1 cm³/mol. The average Bonchev–Trinajstić information content (AvgIpc) is 2.44. The molecule has 0 spiro atoms. The number of ether oxygens (including phenoxy) is 1. The van der Waals surface area contributed by atoms with Crippen molar-refractivity contribution in [1.29, 1.82) is 0 Å².